The highest BCUT2D eigenvalue weighted by Gasteiger charge is 2.47. The molecule has 0 aromatic heterocycles. The van der Waals surface area contributed by atoms with Gasteiger partial charge in [0.15, 0.2) is 6.10 Å². The number of nitrogens with one attached hydrogen (secondary N) is 1. The van der Waals surface area contributed by atoms with Crippen molar-refractivity contribution >= 4 is 12.1 Å². The summed E-state index contributed by atoms with van der Waals surface area (Å²) in [4.78, 5) is 27.3. The first kappa shape index (κ1) is 38.9. The average Bonchev–Trinajstić information content (AvgIpc) is 3.71. The van der Waals surface area contributed by atoms with Crippen LogP contribution in [0.4, 0.5) is 4.79 Å². The van der Waals surface area contributed by atoms with E-state index in [-0.39, 0.29) is 43.3 Å². The lowest BCUT2D eigenvalue weighted by Crippen LogP contribution is -2.44. The molecule has 1 fully saturated rings. The van der Waals surface area contributed by atoms with Gasteiger partial charge in [-0.3, -0.25) is 4.79 Å². The number of hydrogen-bond donors (Lipinski definition) is 5. The Balaban J connectivity index is 2.17. The molecule has 10 unspecified atom stereocenters. The van der Waals surface area contributed by atoms with Crippen molar-refractivity contribution in [2.45, 2.75) is 128 Å². The molecule has 1 saturated heterocycles. The van der Waals surface area contributed by atoms with Crippen LogP contribution in [0.1, 0.15) is 80.1 Å². The average molecular weight is 639 g/mol. The van der Waals surface area contributed by atoms with Crippen LogP contribution in [-0.4, -0.2) is 112 Å². The molecule has 45 heavy (non-hydrogen) atoms. The van der Waals surface area contributed by atoms with E-state index in [4.69, 9.17) is 14.2 Å². The molecule has 0 saturated carbocycles. The van der Waals surface area contributed by atoms with Crippen LogP contribution in [0.5, 0.6) is 0 Å². The summed E-state index contributed by atoms with van der Waals surface area (Å²) in [7, 11) is 3.90. The van der Waals surface area contributed by atoms with Gasteiger partial charge in [0.05, 0.1) is 36.4 Å². The number of nitrogens with zero attached hydrogens (tertiary/aromatic N) is 1. The van der Waals surface area contributed by atoms with Crippen molar-refractivity contribution in [2.75, 3.05) is 27.2 Å². The van der Waals surface area contributed by atoms with E-state index >= 15 is 0 Å². The van der Waals surface area contributed by atoms with Gasteiger partial charge in [-0.1, -0.05) is 45.1 Å². The fraction of sp³-hybridized carbons (Fsp3) is 0.765. The second-order valence-corrected chi connectivity index (χ2v) is 13.6. The highest BCUT2D eigenvalue weighted by Crippen LogP contribution is 2.37. The maximum Gasteiger partial charge on any atom is 0.407 e. The monoisotopic (exact) mass is 638 g/mol. The number of cyclic esters (lactones) is 1. The van der Waals surface area contributed by atoms with E-state index in [1.165, 1.54) is 0 Å². The highest BCUT2D eigenvalue weighted by atomic mass is 16.6. The van der Waals surface area contributed by atoms with Crippen LogP contribution >= 0.6 is 0 Å². The molecule has 11 nitrogen and oxygen atoms in total. The summed E-state index contributed by atoms with van der Waals surface area (Å²) in [5, 5.41) is 45.6. The highest BCUT2D eigenvalue weighted by molar-refractivity contribution is 5.70. The quantitative estimate of drug-likeness (QED) is 0.0666. The van der Waals surface area contributed by atoms with Crippen LogP contribution < -0.4 is 5.32 Å². The third kappa shape index (κ3) is 13.5. The zero-order valence-electron chi connectivity index (χ0n) is 28.4. The molecule has 5 N–H and O–H groups in total. The Hall–Kier alpha value is -2.28. The van der Waals surface area contributed by atoms with E-state index in [0.717, 1.165) is 13.0 Å². The lowest BCUT2D eigenvalue weighted by Gasteiger charge is -2.32. The van der Waals surface area contributed by atoms with Crippen LogP contribution in [0.15, 0.2) is 36.0 Å². The Morgan fingerprint density at radius 2 is 2.02 bits per heavy atom. The van der Waals surface area contributed by atoms with Crippen LogP contribution in [0.25, 0.3) is 0 Å². The minimum atomic E-state index is -1.49. The maximum atomic E-state index is 12.8. The number of carbonyl (C=O) groups excluding carboxylic acids is 2. The lowest BCUT2D eigenvalue weighted by molar-refractivity contribution is -0.151. The van der Waals surface area contributed by atoms with Crippen molar-refractivity contribution in [1.82, 2.24) is 10.2 Å². The summed E-state index contributed by atoms with van der Waals surface area (Å²) in [6, 6.07) is 0. The molecule has 2 heterocycles. The van der Waals surface area contributed by atoms with Crippen molar-refractivity contribution in [1.29, 1.82) is 0 Å². The van der Waals surface area contributed by atoms with E-state index < -0.39 is 47.7 Å². The third-order valence-corrected chi connectivity index (χ3v) is 8.65. The van der Waals surface area contributed by atoms with Crippen molar-refractivity contribution in [3.05, 3.63) is 36.0 Å². The number of epoxide rings is 1. The van der Waals surface area contributed by atoms with Crippen molar-refractivity contribution in [2.24, 2.45) is 11.8 Å². The van der Waals surface area contributed by atoms with Crippen LogP contribution in [0.3, 0.4) is 0 Å². The van der Waals surface area contributed by atoms with Crippen molar-refractivity contribution in [3.63, 3.8) is 0 Å². The topological polar surface area (TPSA) is 161 Å². The zero-order chi connectivity index (χ0) is 33.9. The number of esters is 1. The molecule has 10 atom stereocenters. The normalized spacial score (nSPS) is 33.4. The van der Waals surface area contributed by atoms with Gasteiger partial charge < -0.3 is 44.9 Å². The number of ether oxygens (including phenoxy) is 3. The molecule has 2 aliphatic heterocycles. The largest absolute Gasteiger partial charge is 0.457 e. The number of rotatable bonds is 13. The smallest absolute Gasteiger partial charge is 0.407 e. The number of allylic oxidation sites excluding steroid dienone is 2. The summed E-state index contributed by atoms with van der Waals surface area (Å²) in [6.45, 7) is 12.0. The van der Waals surface area contributed by atoms with E-state index in [9.17, 15) is 30.0 Å². The minimum Gasteiger partial charge on any atom is -0.457 e. The second kappa shape index (κ2) is 17.6. The van der Waals surface area contributed by atoms with Crippen molar-refractivity contribution in [3.8, 4) is 0 Å². The molecule has 0 radical (unpaired) electrons. The first-order valence-corrected chi connectivity index (χ1v) is 16.2. The van der Waals surface area contributed by atoms with Gasteiger partial charge in [-0.2, -0.15) is 0 Å². The molecule has 2 aliphatic rings. The molecule has 0 aromatic carbocycles. The summed E-state index contributed by atoms with van der Waals surface area (Å²) in [5.41, 5.74) is -1.95. The van der Waals surface area contributed by atoms with Gasteiger partial charge >= 0.3 is 12.1 Å². The molecule has 0 bridgehead atoms. The summed E-state index contributed by atoms with van der Waals surface area (Å²) in [6.07, 6.45) is 6.13. The lowest BCUT2D eigenvalue weighted by atomic mass is 9.88. The first-order valence-electron chi connectivity index (χ1n) is 16.2. The fourth-order valence-electron chi connectivity index (χ4n) is 5.54. The SMILES string of the molecule is CCC(O)C(C)C1OC1CC(C)(O)/C=C/C=C(\C)C1OC(=O)CC(O)CCC(C)(O)C(OC(=O)NCCCN(C)C)/C=C/C1C. The Bertz CT molecular complexity index is 1040. The summed E-state index contributed by atoms with van der Waals surface area (Å²) >= 11 is 0. The van der Waals surface area contributed by atoms with E-state index in [0.29, 0.717) is 25.0 Å². The predicted octanol–water partition coefficient (Wildman–Crippen LogP) is 3.25. The number of aliphatic hydroxyl groups excluding tert-OH is 2. The van der Waals surface area contributed by atoms with E-state index in [2.05, 4.69) is 5.32 Å². The maximum absolute atomic E-state index is 12.8. The van der Waals surface area contributed by atoms with E-state index in [1.54, 1.807) is 44.2 Å². The molecule has 0 aliphatic carbocycles. The number of carbonyl (C=O) groups is 2. The fourth-order valence-corrected chi connectivity index (χ4v) is 5.54. The second-order valence-electron chi connectivity index (χ2n) is 13.6. The predicted molar refractivity (Wildman–Crippen MR) is 172 cm³/mol. The Kier molecular flexibility index (Phi) is 15.2. The van der Waals surface area contributed by atoms with Gasteiger partial charge in [-0.05, 0) is 78.7 Å². The minimum absolute atomic E-state index is 0.0121. The number of alkyl carbamates (subject to hydrolysis) is 1. The zero-order valence-corrected chi connectivity index (χ0v) is 28.4. The molecule has 1 amide bonds. The van der Waals surface area contributed by atoms with Gasteiger partial charge in [0.25, 0.3) is 0 Å². The van der Waals surface area contributed by atoms with E-state index in [1.807, 2.05) is 46.7 Å². The molecule has 2 rings (SSSR count). The Morgan fingerprint density at radius 3 is 2.67 bits per heavy atom. The summed E-state index contributed by atoms with van der Waals surface area (Å²) in [5.74, 6) is -0.961. The Morgan fingerprint density at radius 1 is 1.33 bits per heavy atom. The molecule has 0 spiro atoms. The summed E-state index contributed by atoms with van der Waals surface area (Å²) < 4.78 is 17.2. The number of hydrogen-bond acceptors (Lipinski definition) is 10. The molecule has 0 aromatic rings. The molecule has 258 valence electrons. The van der Waals surface area contributed by atoms with Gasteiger partial charge in [0.1, 0.15) is 11.7 Å². The van der Waals surface area contributed by atoms with Gasteiger partial charge in [-0.25, -0.2) is 4.79 Å². The standard InChI is InChI=1S/C34H58N2O9/c1-9-26(38)24(4)31-27(43-31)21-33(5,41)16-10-12-22(2)30-23(3)13-14-28(44-32(40)35-18-11-19-36(7)8)34(6,42)17-15-25(37)20-29(39)45-30/h10,12-14,16,23-28,30-31,37-38,41-42H,9,11,15,17-21H2,1-8H3,(H,35,40)/b14-13+,16-10+,22-12+. The number of amides is 1. The van der Waals surface area contributed by atoms with Crippen molar-refractivity contribution < 1.29 is 44.2 Å². The Labute approximate surface area is 269 Å². The van der Waals surface area contributed by atoms with Gasteiger partial charge in [0, 0.05) is 24.8 Å². The van der Waals surface area contributed by atoms with Gasteiger partial charge in [0.2, 0.25) is 0 Å². The number of aliphatic hydroxyl groups is 4. The molecular weight excluding hydrogens is 580 g/mol. The van der Waals surface area contributed by atoms with Crippen LogP contribution in [-0.2, 0) is 19.0 Å². The first-order chi connectivity index (χ1) is 21.0. The molecule has 11 heteroatoms. The van der Waals surface area contributed by atoms with Crippen LogP contribution in [0, 0.1) is 11.8 Å². The van der Waals surface area contributed by atoms with Gasteiger partial charge in [-0.15, -0.1) is 0 Å². The molecular formula is C34H58N2O9. The van der Waals surface area contributed by atoms with Crippen LogP contribution in [0.2, 0.25) is 0 Å². The third-order valence-electron chi connectivity index (χ3n) is 8.65.